The standard InChI is InChI=1S/C6H6N3O/c7-5-2-1-4(3-9-5)6(8)10/h1-3,7H,(H2,8,10). The molecule has 51 valence electrons. The van der Waals surface area contributed by atoms with Crippen LogP contribution >= 0.6 is 0 Å². The number of carbonyl (C=O) groups is 1. The van der Waals surface area contributed by atoms with Crippen molar-refractivity contribution in [2.45, 2.75) is 0 Å². The van der Waals surface area contributed by atoms with Gasteiger partial charge in [-0.1, -0.05) is 0 Å². The highest BCUT2D eigenvalue weighted by Gasteiger charge is 1.97. The first kappa shape index (κ1) is 6.54. The quantitative estimate of drug-likeness (QED) is 0.593. The number of amides is 1. The van der Waals surface area contributed by atoms with Crippen molar-refractivity contribution >= 4 is 11.7 Å². The van der Waals surface area contributed by atoms with E-state index >= 15 is 0 Å². The molecule has 0 aliphatic carbocycles. The summed E-state index contributed by atoms with van der Waals surface area (Å²) in [7, 11) is 0. The van der Waals surface area contributed by atoms with Crippen molar-refractivity contribution in [2.24, 2.45) is 5.73 Å². The fourth-order valence-corrected chi connectivity index (χ4v) is 0.540. The number of hydrogen-bond acceptors (Lipinski definition) is 2. The van der Waals surface area contributed by atoms with Gasteiger partial charge in [0.1, 0.15) is 5.82 Å². The molecule has 0 atom stereocenters. The van der Waals surface area contributed by atoms with Crippen LogP contribution in [0.5, 0.6) is 0 Å². The molecule has 0 saturated carbocycles. The second-order valence-electron chi connectivity index (χ2n) is 1.80. The van der Waals surface area contributed by atoms with E-state index in [0.717, 1.165) is 0 Å². The van der Waals surface area contributed by atoms with Gasteiger partial charge < -0.3 is 5.73 Å². The monoisotopic (exact) mass is 136 g/mol. The Morgan fingerprint density at radius 1 is 1.60 bits per heavy atom. The highest BCUT2D eigenvalue weighted by Crippen LogP contribution is 2.00. The van der Waals surface area contributed by atoms with E-state index < -0.39 is 5.91 Å². The van der Waals surface area contributed by atoms with Crippen LogP contribution in [-0.2, 0) is 0 Å². The molecule has 0 aliphatic heterocycles. The van der Waals surface area contributed by atoms with Gasteiger partial charge in [0, 0.05) is 6.20 Å². The van der Waals surface area contributed by atoms with E-state index in [4.69, 9.17) is 11.5 Å². The molecule has 0 bridgehead atoms. The van der Waals surface area contributed by atoms with E-state index in [-0.39, 0.29) is 5.82 Å². The average molecular weight is 136 g/mol. The third-order valence-corrected chi connectivity index (χ3v) is 1.05. The van der Waals surface area contributed by atoms with Crippen LogP contribution in [0.25, 0.3) is 0 Å². The Morgan fingerprint density at radius 2 is 2.30 bits per heavy atom. The summed E-state index contributed by atoms with van der Waals surface area (Å²) < 4.78 is 0. The predicted molar refractivity (Wildman–Crippen MR) is 35.5 cm³/mol. The number of aromatic nitrogens is 1. The number of rotatable bonds is 1. The second-order valence-corrected chi connectivity index (χ2v) is 1.80. The minimum Gasteiger partial charge on any atom is -0.366 e. The van der Waals surface area contributed by atoms with Crippen molar-refractivity contribution in [3.63, 3.8) is 0 Å². The van der Waals surface area contributed by atoms with E-state index in [9.17, 15) is 4.79 Å². The highest BCUT2D eigenvalue weighted by atomic mass is 16.1. The highest BCUT2D eigenvalue weighted by molar-refractivity contribution is 5.92. The maximum Gasteiger partial charge on any atom is 0.250 e. The van der Waals surface area contributed by atoms with Gasteiger partial charge in [-0.25, -0.2) is 4.98 Å². The van der Waals surface area contributed by atoms with E-state index in [1.165, 1.54) is 18.3 Å². The number of nitrogens with two attached hydrogens (primary N) is 1. The molecular weight excluding hydrogens is 130 g/mol. The zero-order valence-corrected chi connectivity index (χ0v) is 5.16. The third-order valence-electron chi connectivity index (χ3n) is 1.05. The van der Waals surface area contributed by atoms with E-state index in [1.54, 1.807) is 0 Å². The summed E-state index contributed by atoms with van der Waals surface area (Å²) in [5.41, 5.74) is 12.2. The summed E-state index contributed by atoms with van der Waals surface area (Å²) in [5, 5.41) is 0. The largest absolute Gasteiger partial charge is 0.366 e. The lowest BCUT2D eigenvalue weighted by molar-refractivity contribution is 0.1000. The van der Waals surface area contributed by atoms with E-state index in [0.29, 0.717) is 5.56 Å². The summed E-state index contributed by atoms with van der Waals surface area (Å²) in [4.78, 5) is 14.0. The Kier molecular flexibility index (Phi) is 1.53. The maximum atomic E-state index is 10.4. The first-order valence-corrected chi connectivity index (χ1v) is 2.67. The first-order chi connectivity index (χ1) is 4.70. The molecule has 0 saturated heterocycles. The van der Waals surface area contributed by atoms with Gasteiger partial charge in [-0.15, -0.1) is 0 Å². The van der Waals surface area contributed by atoms with Crippen LogP contribution in [0.2, 0.25) is 0 Å². The van der Waals surface area contributed by atoms with Crippen molar-refractivity contribution in [2.75, 3.05) is 0 Å². The van der Waals surface area contributed by atoms with Crippen LogP contribution in [-0.4, -0.2) is 10.9 Å². The molecule has 0 aliphatic rings. The predicted octanol–water partition coefficient (Wildman–Crippen LogP) is 0.0949. The lowest BCUT2D eigenvalue weighted by Crippen LogP contribution is -2.10. The Bertz CT molecular complexity index is 242. The first-order valence-electron chi connectivity index (χ1n) is 2.67. The SMILES string of the molecule is [NH]c1ccc(C(N)=O)cn1. The Balaban J connectivity index is 3.00. The summed E-state index contributed by atoms with van der Waals surface area (Å²) >= 11 is 0. The maximum absolute atomic E-state index is 10.4. The van der Waals surface area contributed by atoms with Gasteiger partial charge in [-0.3, -0.25) is 10.5 Å². The molecule has 1 aromatic rings. The fourth-order valence-electron chi connectivity index (χ4n) is 0.540. The average Bonchev–Trinajstić information content (AvgIpc) is 1.88. The molecule has 0 unspecified atom stereocenters. The van der Waals surface area contributed by atoms with Crippen molar-refractivity contribution in [3.8, 4) is 0 Å². The fraction of sp³-hybridized carbons (Fsp3) is 0. The number of hydrogen-bond donors (Lipinski definition) is 1. The minimum atomic E-state index is -0.521. The molecule has 0 fully saturated rings. The topological polar surface area (TPSA) is 79.8 Å². The van der Waals surface area contributed by atoms with Crippen molar-refractivity contribution in [1.29, 1.82) is 0 Å². The molecule has 0 aromatic carbocycles. The number of pyridine rings is 1. The third kappa shape index (κ3) is 1.22. The van der Waals surface area contributed by atoms with Gasteiger partial charge in [0.05, 0.1) is 5.56 Å². The number of carbonyl (C=O) groups excluding carboxylic acids is 1. The minimum absolute atomic E-state index is 0.130. The van der Waals surface area contributed by atoms with Gasteiger partial charge >= 0.3 is 0 Å². The summed E-state index contributed by atoms with van der Waals surface area (Å²) in [5.74, 6) is -0.391. The Labute approximate surface area is 57.9 Å². The van der Waals surface area contributed by atoms with Gasteiger partial charge in [-0.2, -0.15) is 0 Å². The van der Waals surface area contributed by atoms with Crippen LogP contribution in [0.3, 0.4) is 0 Å². The molecule has 1 aromatic heterocycles. The van der Waals surface area contributed by atoms with Gasteiger partial charge in [0.15, 0.2) is 0 Å². The Morgan fingerprint density at radius 3 is 2.70 bits per heavy atom. The zero-order valence-electron chi connectivity index (χ0n) is 5.16. The molecule has 1 radical (unpaired) electrons. The summed E-state index contributed by atoms with van der Waals surface area (Å²) in [6.07, 6.45) is 1.28. The van der Waals surface area contributed by atoms with Crippen LogP contribution in [0.15, 0.2) is 18.3 Å². The molecular formula is C6H6N3O. The number of nitrogens with zero attached hydrogens (tertiary/aromatic N) is 1. The van der Waals surface area contributed by atoms with Crippen LogP contribution in [0.1, 0.15) is 10.4 Å². The molecule has 4 heteroatoms. The van der Waals surface area contributed by atoms with Crippen LogP contribution < -0.4 is 11.5 Å². The molecule has 4 nitrogen and oxygen atoms in total. The lowest BCUT2D eigenvalue weighted by atomic mass is 10.3. The molecule has 1 amide bonds. The summed E-state index contributed by atoms with van der Waals surface area (Å²) in [6.45, 7) is 0. The van der Waals surface area contributed by atoms with E-state index in [2.05, 4.69) is 4.98 Å². The lowest BCUT2D eigenvalue weighted by Gasteiger charge is -1.92. The normalized spacial score (nSPS) is 9.20. The van der Waals surface area contributed by atoms with Crippen molar-refractivity contribution in [3.05, 3.63) is 23.9 Å². The smallest absolute Gasteiger partial charge is 0.250 e. The summed E-state index contributed by atoms with van der Waals surface area (Å²) in [6, 6.07) is 2.89. The molecule has 1 heterocycles. The molecule has 3 N–H and O–H groups in total. The number of nitrogens with one attached hydrogen (secondary N) is 1. The van der Waals surface area contributed by atoms with Gasteiger partial charge in [-0.05, 0) is 12.1 Å². The zero-order chi connectivity index (χ0) is 7.56. The van der Waals surface area contributed by atoms with Crippen molar-refractivity contribution < 1.29 is 4.79 Å². The molecule has 1 rings (SSSR count). The molecule has 10 heavy (non-hydrogen) atoms. The van der Waals surface area contributed by atoms with Crippen molar-refractivity contribution in [1.82, 2.24) is 10.7 Å². The van der Waals surface area contributed by atoms with E-state index in [1.807, 2.05) is 0 Å². The van der Waals surface area contributed by atoms with Crippen LogP contribution in [0, 0.1) is 0 Å². The Hall–Kier alpha value is -1.58. The van der Waals surface area contributed by atoms with Gasteiger partial charge in [0.2, 0.25) is 5.91 Å². The van der Waals surface area contributed by atoms with Crippen LogP contribution in [0.4, 0.5) is 5.82 Å². The second kappa shape index (κ2) is 2.34. The molecule has 0 spiro atoms. The van der Waals surface area contributed by atoms with Gasteiger partial charge in [0.25, 0.3) is 0 Å². The number of primary amides is 1.